The lowest BCUT2D eigenvalue weighted by Crippen LogP contribution is -2.47. The molecule has 7 aromatic rings. The minimum Gasteiger partial charge on any atom is -0.480 e. The molecule has 1 saturated heterocycles. The third-order valence-electron chi connectivity index (χ3n) is 9.73. The zero-order valence-electron chi connectivity index (χ0n) is 29.7. The van der Waals surface area contributed by atoms with Crippen molar-refractivity contribution >= 4 is 23.7 Å². The highest BCUT2D eigenvalue weighted by molar-refractivity contribution is 5.78. The van der Waals surface area contributed by atoms with Crippen molar-refractivity contribution in [2.24, 2.45) is 0 Å². The Balaban J connectivity index is 1.02. The van der Waals surface area contributed by atoms with E-state index in [4.69, 9.17) is 15.0 Å². The zero-order valence-corrected chi connectivity index (χ0v) is 29.7. The Kier molecular flexibility index (Phi) is 10.0. The molecule has 54 heavy (non-hydrogen) atoms. The molecule has 8 rings (SSSR count). The van der Waals surface area contributed by atoms with Gasteiger partial charge >= 0.3 is 5.97 Å². The average molecular weight is 710 g/mol. The van der Waals surface area contributed by atoms with Gasteiger partial charge < -0.3 is 20.2 Å². The molecule has 0 saturated carbocycles. The summed E-state index contributed by atoms with van der Waals surface area (Å²) in [6, 6.07) is 50.0. The Morgan fingerprint density at radius 3 is 1.56 bits per heavy atom. The van der Waals surface area contributed by atoms with Crippen molar-refractivity contribution in [2.75, 3.05) is 41.3 Å². The smallest absolute Gasteiger partial charge is 0.326 e. The molecule has 1 aliphatic rings. The summed E-state index contributed by atoms with van der Waals surface area (Å²) in [7, 11) is 0. The van der Waals surface area contributed by atoms with E-state index in [0.29, 0.717) is 24.9 Å². The molecule has 1 fully saturated rings. The van der Waals surface area contributed by atoms with E-state index < -0.39 is 12.0 Å². The van der Waals surface area contributed by atoms with Crippen molar-refractivity contribution in [1.29, 1.82) is 0 Å². The van der Waals surface area contributed by atoms with E-state index in [0.717, 1.165) is 57.9 Å². The van der Waals surface area contributed by atoms with Crippen LogP contribution in [-0.2, 0) is 11.2 Å². The zero-order chi connectivity index (χ0) is 36.7. The molecule has 5 aromatic carbocycles. The highest BCUT2D eigenvalue weighted by Gasteiger charge is 2.24. The van der Waals surface area contributed by atoms with Crippen molar-refractivity contribution in [3.8, 4) is 44.8 Å². The highest BCUT2D eigenvalue weighted by Crippen LogP contribution is 2.28. The van der Waals surface area contributed by atoms with Crippen LogP contribution in [0, 0.1) is 0 Å². The number of benzene rings is 5. The number of aliphatic carboxylic acids is 1. The number of hydrogen-bond acceptors (Lipinski definition) is 8. The van der Waals surface area contributed by atoms with Crippen LogP contribution >= 0.6 is 0 Å². The van der Waals surface area contributed by atoms with Gasteiger partial charge in [-0.2, -0.15) is 15.0 Å². The normalized spacial score (nSPS) is 13.3. The van der Waals surface area contributed by atoms with Crippen LogP contribution in [0.25, 0.3) is 44.8 Å². The van der Waals surface area contributed by atoms with Crippen molar-refractivity contribution in [1.82, 2.24) is 19.9 Å². The number of carboxylic acid groups (broad SMARTS) is 1. The maximum atomic E-state index is 12.7. The molecule has 1 unspecified atom stereocenters. The molecular formula is C45H39N7O2. The summed E-state index contributed by atoms with van der Waals surface area (Å²) in [6.07, 6.45) is 2.05. The Bertz CT molecular complexity index is 2300. The van der Waals surface area contributed by atoms with Gasteiger partial charge in [0.1, 0.15) is 11.9 Å². The van der Waals surface area contributed by atoms with Crippen LogP contribution in [-0.4, -0.2) is 63.2 Å². The Morgan fingerprint density at radius 2 is 1.04 bits per heavy atom. The van der Waals surface area contributed by atoms with Crippen LogP contribution in [0.1, 0.15) is 5.56 Å². The van der Waals surface area contributed by atoms with E-state index in [-0.39, 0.29) is 12.4 Å². The fourth-order valence-electron chi connectivity index (χ4n) is 6.73. The molecular weight excluding hydrogens is 671 g/mol. The summed E-state index contributed by atoms with van der Waals surface area (Å²) in [5, 5.41) is 13.5. The van der Waals surface area contributed by atoms with Gasteiger partial charge in [0.15, 0.2) is 5.82 Å². The summed E-state index contributed by atoms with van der Waals surface area (Å²) >= 11 is 0. The molecule has 0 spiro atoms. The fourth-order valence-corrected chi connectivity index (χ4v) is 6.73. The van der Waals surface area contributed by atoms with E-state index in [2.05, 4.69) is 68.6 Å². The lowest BCUT2D eigenvalue weighted by molar-refractivity contribution is -0.137. The van der Waals surface area contributed by atoms with Gasteiger partial charge in [-0.05, 0) is 51.1 Å². The highest BCUT2D eigenvalue weighted by atomic mass is 16.4. The van der Waals surface area contributed by atoms with Gasteiger partial charge in [0.2, 0.25) is 11.9 Å². The number of rotatable bonds is 11. The second kappa shape index (κ2) is 15.8. The SMILES string of the molecule is O=C(O)C(Cc1ccc(-c2ccc(-c3ccccc3)cc2)cc1)Nc1nc(-c2ccc(-c3ccccc3)cc2)nc(N2CCN(c3ccccn3)CC2)n1. The van der Waals surface area contributed by atoms with E-state index in [1.54, 1.807) is 6.20 Å². The topological polar surface area (TPSA) is 107 Å². The Labute approximate surface area is 314 Å². The number of anilines is 3. The average Bonchev–Trinajstić information content (AvgIpc) is 3.25. The van der Waals surface area contributed by atoms with Crippen LogP contribution in [0.2, 0.25) is 0 Å². The molecule has 0 radical (unpaired) electrons. The molecule has 3 heterocycles. The van der Waals surface area contributed by atoms with Crippen molar-refractivity contribution < 1.29 is 9.90 Å². The standard InChI is InChI=1S/C45H39N7O2/c53-43(54)40(31-32-14-16-35(17-15-32)38-20-18-36(19-21-38)33-9-3-1-4-10-33)47-44-48-42(39-24-22-37(23-25-39)34-11-5-2-6-12-34)49-45(50-44)52-29-27-51(28-30-52)41-13-7-8-26-46-41/h1-26,40H,27-31H2,(H,53,54)(H,47,48,49,50). The van der Waals surface area contributed by atoms with Gasteiger partial charge in [-0.15, -0.1) is 0 Å². The summed E-state index contributed by atoms with van der Waals surface area (Å²) in [4.78, 5) is 36.0. The van der Waals surface area contributed by atoms with Crippen LogP contribution in [0.4, 0.5) is 17.7 Å². The number of aromatic nitrogens is 4. The Hall–Kier alpha value is -6.87. The van der Waals surface area contributed by atoms with Gasteiger partial charge in [-0.3, -0.25) is 0 Å². The molecule has 0 bridgehead atoms. The summed E-state index contributed by atoms with van der Waals surface area (Å²) in [5.74, 6) is 1.14. The minimum atomic E-state index is -0.990. The third kappa shape index (κ3) is 7.95. The van der Waals surface area contributed by atoms with Crippen LogP contribution in [0.15, 0.2) is 158 Å². The summed E-state index contributed by atoms with van der Waals surface area (Å²) in [5.41, 5.74) is 8.39. The number of carbonyl (C=O) groups is 1. The molecule has 1 atom stereocenters. The number of pyridine rings is 1. The van der Waals surface area contributed by atoms with E-state index in [9.17, 15) is 9.90 Å². The van der Waals surface area contributed by atoms with Gasteiger partial charge in [-0.25, -0.2) is 9.78 Å². The van der Waals surface area contributed by atoms with Gasteiger partial charge in [0, 0.05) is 44.4 Å². The molecule has 1 aliphatic heterocycles. The molecule has 0 amide bonds. The predicted molar refractivity (Wildman–Crippen MR) is 215 cm³/mol. The second-order valence-electron chi connectivity index (χ2n) is 13.3. The Morgan fingerprint density at radius 1 is 0.556 bits per heavy atom. The maximum absolute atomic E-state index is 12.7. The second-order valence-corrected chi connectivity index (χ2v) is 13.3. The molecule has 2 N–H and O–H groups in total. The van der Waals surface area contributed by atoms with Crippen LogP contribution in [0.5, 0.6) is 0 Å². The van der Waals surface area contributed by atoms with Gasteiger partial charge in [0.25, 0.3) is 0 Å². The number of piperazine rings is 1. The number of nitrogens with zero attached hydrogens (tertiary/aromatic N) is 6. The van der Waals surface area contributed by atoms with Gasteiger partial charge in [-0.1, -0.05) is 140 Å². The number of nitrogens with one attached hydrogen (secondary N) is 1. The number of carboxylic acids is 1. The molecule has 0 aliphatic carbocycles. The van der Waals surface area contributed by atoms with Crippen molar-refractivity contribution in [3.05, 3.63) is 163 Å². The number of hydrogen-bond donors (Lipinski definition) is 2. The molecule has 266 valence electrons. The first kappa shape index (κ1) is 34.2. The first-order valence-corrected chi connectivity index (χ1v) is 18.1. The van der Waals surface area contributed by atoms with Crippen molar-refractivity contribution in [3.63, 3.8) is 0 Å². The first-order valence-electron chi connectivity index (χ1n) is 18.1. The third-order valence-corrected chi connectivity index (χ3v) is 9.73. The van der Waals surface area contributed by atoms with E-state index in [1.165, 1.54) is 5.56 Å². The lowest BCUT2D eigenvalue weighted by atomic mass is 9.98. The summed E-state index contributed by atoms with van der Waals surface area (Å²) < 4.78 is 0. The molecule has 9 nitrogen and oxygen atoms in total. The maximum Gasteiger partial charge on any atom is 0.326 e. The van der Waals surface area contributed by atoms with E-state index >= 15 is 0 Å². The fraction of sp³-hybridized carbons (Fsp3) is 0.133. The van der Waals surface area contributed by atoms with Crippen LogP contribution < -0.4 is 15.1 Å². The first-order chi connectivity index (χ1) is 26.6. The van der Waals surface area contributed by atoms with Crippen LogP contribution in [0.3, 0.4) is 0 Å². The minimum absolute atomic E-state index is 0.219. The largest absolute Gasteiger partial charge is 0.480 e. The van der Waals surface area contributed by atoms with Gasteiger partial charge in [0.05, 0.1) is 0 Å². The summed E-state index contributed by atoms with van der Waals surface area (Å²) in [6.45, 7) is 2.85. The predicted octanol–water partition coefficient (Wildman–Crippen LogP) is 8.37. The quantitative estimate of drug-likeness (QED) is 0.137. The molecule has 9 heteroatoms. The monoisotopic (exact) mass is 709 g/mol. The van der Waals surface area contributed by atoms with Crippen molar-refractivity contribution in [2.45, 2.75) is 12.5 Å². The van der Waals surface area contributed by atoms with E-state index in [1.807, 2.05) is 103 Å². The molecule has 2 aromatic heterocycles. The lowest BCUT2D eigenvalue weighted by Gasteiger charge is -2.35.